The fourth-order valence-corrected chi connectivity index (χ4v) is 2.75. The van der Waals surface area contributed by atoms with Gasteiger partial charge in [-0.25, -0.2) is 0 Å². The highest BCUT2D eigenvalue weighted by atomic mass is 16.1. The lowest BCUT2D eigenvalue weighted by atomic mass is 9.91. The van der Waals surface area contributed by atoms with Crippen molar-refractivity contribution in [1.29, 1.82) is 0 Å². The van der Waals surface area contributed by atoms with Crippen LogP contribution in [0.4, 0.5) is 0 Å². The van der Waals surface area contributed by atoms with Gasteiger partial charge < -0.3 is 15.6 Å². The average molecular weight is 291 g/mol. The molecule has 116 valence electrons. The van der Waals surface area contributed by atoms with Gasteiger partial charge in [-0.15, -0.1) is 0 Å². The van der Waals surface area contributed by atoms with E-state index in [4.69, 9.17) is 0 Å². The minimum atomic E-state index is -0.186. The number of carbonyl (C=O) groups is 1. The first-order valence-electron chi connectivity index (χ1n) is 7.62. The standard InChI is InChI=1S/C16H25N3O2/c1-16(2,3)19-15(21)9-10-17-12-5-4-6-13-11(12)7-8-14(20)18-13/h7-8,12,17H,4-6,9-10H2,1-3H3,(H,18,20)(H,19,21). The SMILES string of the molecule is CC(C)(C)NC(=O)CCNC1CCCc2[nH]c(=O)ccc21. The van der Waals surface area contributed by atoms with Crippen molar-refractivity contribution in [2.75, 3.05) is 6.54 Å². The molecule has 21 heavy (non-hydrogen) atoms. The molecule has 0 radical (unpaired) electrons. The second kappa shape index (κ2) is 6.43. The zero-order valence-electron chi connectivity index (χ0n) is 13.1. The number of hydrogen-bond acceptors (Lipinski definition) is 3. The molecule has 5 heteroatoms. The third-order valence-electron chi connectivity index (χ3n) is 3.59. The molecule has 1 aliphatic carbocycles. The number of rotatable bonds is 4. The fraction of sp³-hybridized carbons (Fsp3) is 0.625. The number of nitrogens with one attached hydrogen (secondary N) is 3. The number of H-pyrrole nitrogens is 1. The molecule has 5 nitrogen and oxygen atoms in total. The molecule has 0 bridgehead atoms. The predicted octanol–water partition coefficient (Wildman–Crippen LogP) is 1.65. The summed E-state index contributed by atoms with van der Waals surface area (Å²) >= 11 is 0. The van der Waals surface area contributed by atoms with Crippen LogP contribution in [0.1, 0.15) is 57.3 Å². The topological polar surface area (TPSA) is 74.0 Å². The molecule has 1 unspecified atom stereocenters. The van der Waals surface area contributed by atoms with Crippen molar-refractivity contribution in [1.82, 2.24) is 15.6 Å². The number of fused-ring (bicyclic) bond motifs is 1. The van der Waals surface area contributed by atoms with Gasteiger partial charge in [0.05, 0.1) is 0 Å². The predicted molar refractivity (Wildman–Crippen MR) is 83.3 cm³/mol. The summed E-state index contributed by atoms with van der Waals surface area (Å²) in [5, 5.41) is 6.39. The van der Waals surface area contributed by atoms with Crippen LogP contribution < -0.4 is 16.2 Å². The van der Waals surface area contributed by atoms with Crippen molar-refractivity contribution in [3.05, 3.63) is 33.7 Å². The van der Waals surface area contributed by atoms with E-state index in [1.807, 2.05) is 26.8 Å². The largest absolute Gasteiger partial charge is 0.351 e. The highest BCUT2D eigenvalue weighted by Gasteiger charge is 2.20. The van der Waals surface area contributed by atoms with Crippen LogP contribution in [0.15, 0.2) is 16.9 Å². The Hall–Kier alpha value is -1.62. The molecule has 3 N–H and O–H groups in total. The Morgan fingerprint density at radius 3 is 2.86 bits per heavy atom. The molecule has 1 atom stereocenters. The van der Waals surface area contributed by atoms with E-state index in [2.05, 4.69) is 15.6 Å². The molecule has 1 aromatic heterocycles. The Morgan fingerprint density at radius 1 is 1.38 bits per heavy atom. The molecule has 0 aromatic carbocycles. The lowest BCUT2D eigenvalue weighted by Crippen LogP contribution is -2.41. The minimum absolute atomic E-state index is 0.0426. The van der Waals surface area contributed by atoms with E-state index in [-0.39, 0.29) is 23.0 Å². The third kappa shape index (κ3) is 4.70. The van der Waals surface area contributed by atoms with Crippen LogP contribution in [0.25, 0.3) is 0 Å². The number of pyridine rings is 1. The van der Waals surface area contributed by atoms with E-state index < -0.39 is 0 Å². The zero-order valence-corrected chi connectivity index (χ0v) is 13.1. The maximum absolute atomic E-state index is 11.8. The zero-order chi connectivity index (χ0) is 15.5. The molecule has 1 heterocycles. The smallest absolute Gasteiger partial charge is 0.248 e. The molecule has 1 aromatic rings. The molecular weight excluding hydrogens is 266 g/mol. The Morgan fingerprint density at radius 2 is 2.14 bits per heavy atom. The van der Waals surface area contributed by atoms with Crippen LogP contribution in [0.2, 0.25) is 0 Å². The third-order valence-corrected chi connectivity index (χ3v) is 3.59. The van der Waals surface area contributed by atoms with Crippen molar-refractivity contribution in [2.45, 2.75) is 58.0 Å². The van der Waals surface area contributed by atoms with E-state index in [0.717, 1.165) is 30.5 Å². The van der Waals surface area contributed by atoms with Crippen LogP contribution in [0, 0.1) is 0 Å². The van der Waals surface area contributed by atoms with E-state index in [1.54, 1.807) is 6.07 Å². The molecule has 0 spiro atoms. The first-order chi connectivity index (χ1) is 9.85. The van der Waals surface area contributed by atoms with Gasteiger partial charge in [-0.3, -0.25) is 9.59 Å². The van der Waals surface area contributed by atoms with Crippen molar-refractivity contribution < 1.29 is 4.79 Å². The summed E-state index contributed by atoms with van der Waals surface area (Å²) in [4.78, 5) is 26.1. The first kappa shape index (κ1) is 15.8. The lowest BCUT2D eigenvalue weighted by Gasteiger charge is -2.26. The van der Waals surface area contributed by atoms with Crippen LogP contribution in [-0.2, 0) is 11.2 Å². The molecule has 1 amide bonds. The van der Waals surface area contributed by atoms with Gasteiger partial charge in [0.2, 0.25) is 11.5 Å². The van der Waals surface area contributed by atoms with Crippen molar-refractivity contribution >= 4 is 5.91 Å². The quantitative estimate of drug-likeness (QED) is 0.789. The van der Waals surface area contributed by atoms with E-state index in [9.17, 15) is 9.59 Å². The van der Waals surface area contributed by atoms with Crippen LogP contribution in [-0.4, -0.2) is 23.0 Å². The molecule has 0 fully saturated rings. The van der Waals surface area contributed by atoms with E-state index in [0.29, 0.717) is 13.0 Å². The van der Waals surface area contributed by atoms with Crippen molar-refractivity contribution in [3.8, 4) is 0 Å². The molecule has 0 aliphatic heterocycles. The number of aryl methyl sites for hydroxylation is 1. The monoisotopic (exact) mass is 291 g/mol. The maximum atomic E-state index is 11.8. The van der Waals surface area contributed by atoms with Crippen molar-refractivity contribution in [2.24, 2.45) is 0 Å². The van der Waals surface area contributed by atoms with Gasteiger partial charge in [0.25, 0.3) is 0 Å². The molecular formula is C16H25N3O2. The van der Waals surface area contributed by atoms with Crippen LogP contribution >= 0.6 is 0 Å². The molecule has 0 saturated carbocycles. The Labute approximate surface area is 125 Å². The Kier molecular flexibility index (Phi) is 4.83. The first-order valence-corrected chi connectivity index (χ1v) is 7.62. The highest BCUT2D eigenvalue weighted by Crippen LogP contribution is 2.27. The second-order valence-corrected chi connectivity index (χ2v) is 6.70. The van der Waals surface area contributed by atoms with Gasteiger partial charge in [-0.2, -0.15) is 0 Å². The number of carbonyl (C=O) groups excluding carboxylic acids is 1. The van der Waals surface area contributed by atoms with Crippen LogP contribution in [0.3, 0.4) is 0 Å². The van der Waals surface area contributed by atoms with E-state index in [1.165, 1.54) is 0 Å². The summed E-state index contributed by atoms with van der Waals surface area (Å²) in [6.07, 6.45) is 3.49. The number of aromatic amines is 1. The fourth-order valence-electron chi connectivity index (χ4n) is 2.75. The average Bonchev–Trinajstić information content (AvgIpc) is 2.36. The normalized spacial score (nSPS) is 18.1. The lowest BCUT2D eigenvalue weighted by molar-refractivity contribution is -0.122. The van der Waals surface area contributed by atoms with Gasteiger partial charge in [0.1, 0.15) is 0 Å². The van der Waals surface area contributed by atoms with Crippen molar-refractivity contribution in [3.63, 3.8) is 0 Å². The molecule has 1 aliphatic rings. The molecule has 0 saturated heterocycles. The van der Waals surface area contributed by atoms with Gasteiger partial charge in [0.15, 0.2) is 0 Å². The van der Waals surface area contributed by atoms with E-state index >= 15 is 0 Å². The number of aromatic nitrogens is 1. The summed E-state index contributed by atoms with van der Waals surface area (Å²) < 4.78 is 0. The summed E-state index contributed by atoms with van der Waals surface area (Å²) in [5.74, 6) is 0.0625. The summed E-state index contributed by atoms with van der Waals surface area (Å²) in [7, 11) is 0. The Balaban J connectivity index is 1.88. The number of hydrogen-bond donors (Lipinski definition) is 3. The summed E-state index contributed by atoms with van der Waals surface area (Å²) in [5.41, 5.74) is 1.97. The van der Waals surface area contributed by atoms with Gasteiger partial charge >= 0.3 is 0 Å². The maximum Gasteiger partial charge on any atom is 0.248 e. The summed E-state index contributed by atoms with van der Waals surface area (Å²) in [6.45, 7) is 6.58. The van der Waals surface area contributed by atoms with Gasteiger partial charge in [-0.05, 0) is 45.6 Å². The second-order valence-electron chi connectivity index (χ2n) is 6.70. The van der Waals surface area contributed by atoms with Gasteiger partial charge in [-0.1, -0.05) is 6.07 Å². The minimum Gasteiger partial charge on any atom is -0.351 e. The highest BCUT2D eigenvalue weighted by molar-refractivity contribution is 5.76. The van der Waals surface area contributed by atoms with Gasteiger partial charge in [0, 0.05) is 36.3 Å². The Bertz CT molecular complexity index is 557. The van der Waals surface area contributed by atoms with Crippen LogP contribution in [0.5, 0.6) is 0 Å². The summed E-state index contributed by atoms with van der Waals surface area (Å²) in [6, 6.07) is 3.71. The molecule has 2 rings (SSSR count). The number of amides is 1.